The van der Waals surface area contributed by atoms with Gasteiger partial charge >= 0.3 is 0 Å². The van der Waals surface area contributed by atoms with Gasteiger partial charge in [-0.05, 0) is 32.4 Å². The highest BCUT2D eigenvalue weighted by molar-refractivity contribution is 7.99. The van der Waals surface area contributed by atoms with Crippen LogP contribution in [0.3, 0.4) is 0 Å². The number of aromatic nitrogens is 2. The van der Waals surface area contributed by atoms with Crippen LogP contribution in [0.4, 0.5) is 0 Å². The highest BCUT2D eigenvalue weighted by Gasteiger charge is 2.26. The number of carbonyl (C=O) groups is 1. The summed E-state index contributed by atoms with van der Waals surface area (Å²) in [5, 5.41) is 0.949. The molecule has 1 aromatic heterocycles. The molecule has 2 atom stereocenters. The standard InChI is InChI=1S/C20H29N3O2S/c1-4-5-8-11-23-18-10-7-6-9-17(18)21-20(23)26-14-19(24)22-12-15(2)25-16(3)13-22/h6-7,9-10,15-16H,4-5,8,11-14H2,1-3H3. The molecule has 0 saturated carbocycles. The number of fused-ring (bicyclic) bond motifs is 1. The molecule has 0 radical (unpaired) electrons. The minimum atomic E-state index is 0.103. The Morgan fingerprint density at radius 2 is 1.96 bits per heavy atom. The van der Waals surface area contributed by atoms with Crippen molar-refractivity contribution in [2.24, 2.45) is 0 Å². The number of ether oxygens (including phenoxy) is 1. The Morgan fingerprint density at radius 3 is 2.69 bits per heavy atom. The van der Waals surface area contributed by atoms with E-state index in [2.05, 4.69) is 23.6 Å². The third-order valence-electron chi connectivity index (χ3n) is 4.70. The Labute approximate surface area is 160 Å². The zero-order valence-electron chi connectivity index (χ0n) is 16.0. The van der Waals surface area contributed by atoms with Crippen molar-refractivity contribution in [1.82, 2.24) is 14.5 Å². The van der Waals surface area contributed by atoms with Gasteiger partial charge in [0.2, 0.25) is 5.91 Å². The molecule has 0 aliphatic carbocycles. The Morgan fingerprint density at radius 1 is 1.23 bits per heavy atom. The maximum Gasteiger partial charge on any atom is 0.233 e. The monoisotopic (exact) mass is 375 g/mol. The van der Waals surface area contributed by atoms with E-state index in [0.717, 1.165) is 29.2 Å². The van der Waals surface area contributed by atoms with Crippen molar-refractivity contribution in [2.75, 3.05) is 18.8 Å². The van der Waals surface area contributed by atoms with E-state index in [9.17, 15) is 4.79 Å². The molecule has 0 bridgehead atoms. The number of aryl methyl sites for hydroxylation is 1. The van der Waals surface area contributed by atoms with Crippen molar-refractivity contribution in [3.63, 3.8) is 0 Å². The lowest BCUT2D eigenvalue weighted by atomic mass is 10.2. The van der Waals surface area contributed by atoms with Gasteiger partial charge in [0.15, 0.2) is 5.16 Å². The van der Waals surface area contributed by atoms with Gasteiger partial charge in [0, 0.05) is 19.6 Å². The average Bonchev–Trinajstić information content (AvgIpc) is 2.97. The van der Waals surface area contributed by atoms with Gasteiger partial charge in [-0.25, -0.2) is 4.98 Å². The summed E-state index contributed by atoms with van der Waals surface area (Å²) in [6.07, 6.45) is 3.74. The third kappa shape index (κ3) is 4.60. The fourth-order valence-corrected chi connectivity index (χ4v) is 4.44. The molecule has 1 aromatic carbocycles. The van der Waals surface area contributed by atoms with Crippen LogP contribution >= 0.6 is 11.8 Å². The molecule has 6 heteroatoms. The predicted molar refractivity (Wildman–Crippen MR) is 107 cm³/mol. The van der Waals surface area contributed by atoms with E-state index in [1.165, 1.54) is 12.8 Å². The molecule has 0 N–H and O–H groups in total. The first-order valence-corrected chi connectivity index (χ1v) is 10.6. The van der Waals surface area contributed by atoms with Crippen molar-refractivity contribution < 1.29 is 9.53 Å². The highest BCUT2D eigenvalue weighted by atomic mass is 32.2. The van der Waals surface area contributed by atoms with Gasteiger partial charge in [0.25, 0.3) is 0 Å². The molecule has 2 unspecified atom stereocenters. The van der Waals surface area contributed by atoms with Crippen LogP contribution in [0.5, 0.6) is 0 Å². The quantitative estimate of drug-likeness (QED) is 0.543. The number of para-hydroxylation sites is 2. The maximum absolute atomic E-state index is 12.7. The minimum Gasteiger partial charge on any atom is -0.372 e. The summed E-state index contributed by atoms with van der Waals surface area (Å²) >= 11 is 1.55. The topological polar surface area (TPSA) is 47.4 Å². The van der Waals surface area contributed by atoms with E-state index in [0.29, 0.717) is 18.8 Å². The van der Waals surface area contributed by atoms with Crippen LogP contribution in [0.1, 0.15) is 40.0 Å². The van der Waals surface area contributed by atoms with E-state index in [1.807, 2.05) is 30.9 Å². The molecule has 142 valence electrons. The average molecular weight is 376 g/mol. The van der Waals surface area contributed by atoms with Gasteiger partial charge in [-0.1, -0.05) is 43.7 Å². The fourth-order valence-electron chi connectivity index (χ4n) is 3.50. The lowest BCUT2D eigenvalue weighted by Gasteiger charge is -2.35. The Hall–Kier alpha value is -1.53. The number of unbranched alkanes of at least 4 members (excludes halogenated alkanes) is 2. The Balaban J connectivity index is 1.69. The number of hydrogen-bond acceptors (Lipinski definition) is 4. The molecule has 26 heavy (non-hydrogen) atoms. The smallest absolute Gasteiger partial charge is 0.233 e. The summed E-state index contributed by atoms with van der Waals surface area (Å²) in [4.78, 5) is 19.4. The second-order valence-electron chi connectivity index (χ2n) is 7.09. The number of thioether (sulfide) groups is 1. The van der Waals surface area contributed by atoms with E-state index in [-0.39, 0.29) is 18.1 Å². The predicted octanol–water partition coefficient (Wildman–Crippen LogP) is 3.95. The van der Waals surface area contributed by atoms with Crippen molar-refractivity contribution in [3.05, 3.63) is 24.3 Å². The molecular weight excluding hydrogens is 346 g/mol. The van der Waals surface area contributed by atoms with Gasteiger partial charge in [-0.2, -0.15) is 0 Å². The van der Waals surface area contributed by atoms with Crippen molar-refractivity contribution in [1.29, 1.82) is 0 Å². The summed E-state index contributed by atoms with van der Waals surface area (Å²) in [6.45, 7) is 8.57. The molecule has 3 rings (SSSR count). The molecule has 1 fully saturated rings. The summed E-state index contributed by atoms with van der Waals surface area (Å²) in [6, 6.07) is 8.23. The second kappa shape index (κ2) is 8.91. The second-order valence-corrected chi connectivity index (χ2v) is 8.03. The number of imidazole rings is 1. The maximum atomic E-state index is 12.7. The summed E-state index contributed by atoms with van der Waals surface area (Å²) in [7, 11) is 0. The van der Waals surface area contributed by atoms with Crippen LogP contribution in [-0.2, 0) is 16.1 Å². The molecule has 1 amide bonds. The number of carbonyl (C=O) groups excluding carboxylic acids is 1. The van der Waals surface area contributed by atoms with Gasteiger partial charge in [0.05, 0.1) is 29.0 Å². The molecule has 5 nitrogen and oxygen atoms in total. The first-order valence-electron chi connectivity index (χ1n) is 9.59. The summed E-state index contributed by atoms with van der Waals surface area (Å²) in [5.74, 6) is 0.598. The first-order chi connectivity index (χ1) is 12.6. The molecule has 1 aliphatic heterocycles. The van der Waals surface area contributed by atoms with Gasteiger partial charge in [0.1, 0.15) is 0 Å². The van der Waals surface area contributed by atoms with Gasteiger partial charge in [-0.15, -0.1) is 0 Å². The number of hydrogen-bond donors (Lipinski definition) is 0. The molecular formula is C20H29N3O2S. The van der Waals surface area contributed by atoms with Crippen molar-refractivity contribution in [3.8, 4) is 0 Å². The van der Waals surface area contributed by atoms with Crippen LogP contribution in [0.25, 0.3) is 11.0 Å². The van der Waals surface area contributed by atoms with Crippen molar-refractivity contribution >= 4 is 28.7 Å². The lowest BCUT2D eigenvalue weighted by Crippen LogP contribution is -2.48. The highest BCUT2D eigenvalue weighted by Crippen LogP contribution is 2.25. The number of morpholine rings is 1. The van der Waals surface area contributed by atoms with E-state index >= 15 is 0 Å². The number of amides is 1. The molecule has 1 saturated heterocycles. The Bertz CT molecular complexity index is 736. The van der Waals surface area contributed by atoms with Crippen LogP contribution in [0.2, 0.25) is 0 Å². The summed E-state index contributed by atoms with van der Waals surface area (Å²) < 4.78 is 8.00. The SMILES string of the molecule is CCCCCn1c(SCC(=O)N2CC(C)OC(C)C2)nc2ccccc21. The number of nitrogens with zero attached hydrogens (tertiary/aromatic N) is 3. The minimum absolute atomic E-state index is 0.103. The van der Waals surface area contributed by atoms with E-state index < -0.39 is 0 Å². The van der Waals surface area contributed by atoms with Crippen molar-refractivity contribution in [2.45, 2.75) is 63.9 Å². The number of benzene rings is 1. The molecule has 1 aliphatic rings. The third-order valence-corrected chi connectivity index (χ3v) is 5.66. The zero-order valence-corrected chi connectivity index (χ0v) is 16.8. The lowest BCUT2D eigenvalue weighted by molar-refractivity contribution is -0.140. The molecule has 2 aromatic rings. The fraction of sp³-hybridized carbons (Fsp3) is 0.600. The van der Waals surface area contributed by atoms with Crippen LogP contribution in [-0.4, -0.2) is 51.4 Å². The number of rotatable bonds is 7. The Kier molecular flexibility index (Phi) is 6.59. The van der Waals surface area contributed by atoms with Gasteiger partial charge in [-0.3, -0.25) is 4.79 Å². The normalized spacial score (nSPS) is 20.7. The van der Waals surface area contributed by atoms with Crippen LogP contribution < -0.4 is 0 Å². The summed E-state index contributed by atoms with van der Waals surface area (Å²) in [5.41, 5.74) is 2.17. The molecule has 0 spiro atoms. The van der Waals surface area contributed by atoms with E-state index in [4.69, 9.17) is 9.72 Å². The zero-order chi connectivity index (χ0) is 18.5. The van der Waals surface area contributed by atoms with E-state index in [1.54, 1.807) is 11.8 Å². The largest absolute Gasteiger partial charge is 0.372 e. The molecule has 2 heterocycles. The van der Waals surface area contributed by atoms with Crippen LogP contribution in [0.15, 0.2) is 29.4 Å². The van der Waals surface area contributed by atoms with Gasteiger partial charge < -0.3 is 14.2 Å². The first kappa shape index (κ1) is 19.2. The van der Waals surface area contributed by atoms with Crippen LogP contribution in [0, 0.1) is 0 Å².